The van der Waals surface area contributed by atoms with Crippen LogP contribution in [0, 0.1) is 0 Å². The highest BCUT2D eigenvalue weighted by Crippen LogP contribution is 2.16. The van der Waals surface area contributed by atoms with Gasteiger partial charge in [-0.2, -0.15) is 0 Å². The van der Waals surface area contributed by atoms with Crippen molar-refractivity contribution in [2.24, 2.45) is 0 Å². The third kappa shape index (κ3) is 5.65. The molecule has 19 heavy (non-hydrogen) atoms. The van der Waals surface area contributed by atoms with Gasteiger partial charge >= 0.3 is 0 Å². The zero-order valence-corrected chi connectivity index (χ0v) is 13.0. The summed E-state index contributed by atoms with van der Waals surface area (Å²) in [5.74, 6) is 0.405. The van der Waals surface area contributed by atoms with Gasteiger partial charge in [-0.1, -0.05) is 19.1 Å². The molecule has 0 aliphatic carbocycles. The maximum atomic E-state index is 11.8. The minimum atomic E-state index is -1.08. The fraction of sp³-hybridized carbons (Fsp3) is 0.538. The van der Waals surface area contributed by atoms with Gasteiger partial charge < -0.3 is 5.32 Å². The van der Waals surface area contributed by atoms with Gasteiger partial charge in [0.05, 0.1) is 17.0 Å². The molecule has 6 heteroatoms. The summed E-state index contributed by atoms with van der Waals surface area (Å²) in [6.07, 6.45) is 8.74. The molecule has 0 aliphatic heterocycles. The number of carbonyl (C=O) groups is 1. The fourth-order valence-electron chi connectivity index (χ4n) is 1.43. The molecule has 0 fully saturated rings. The zero-order valence-electron chi connectivity index (χ0n) is 11.3. The van der Waals surface area contributed by atoms with Crippen LogP contribution >= 0.6 is 11.3 Å². The van der Waals surface area contributed by atoms with Gasteiger partial charge in [0.25, 0.3) is 5.91 Å². The van der Waals surface area contributed by atoms with E-state index in [-0.39, 0.29) is 5.91 Å². The number of rotatable bonds is 8. The summed E-state index contributed by atoms with van der Waals surface area (Å²) in [6.45, 7) is 4.51. The van der Waals surface area contributed by atoms with Crippen LogP contribution in [0.1, 0.15) is 42.8 Å². The van der Waals surface area contributed by atoms with Crippen molar-refractivity contribution in [3.8, 4) is 0 Å². The number of aromatic nitrogens is 1. The van der Waals surface area contributed by atoms with Crippen LogP contribution in [-0.2, 0) is 10.8 Å². The average Bonchev–Trinajstić information content (AvgIpc) is 2.91. The van der Waals surface area contributed by atoms with Gasteiger partial charge in [-0.25, -0.2) is 4.98 Å². The molecule has 1 aromatic rings. The van der Waals surface area contributed by atoms with Crippen LogP contribution in [0.3, 0.4) is 0 Å². The summed E-state index contributed by atoms with van der Waals surface area (Å²) < 4.78 is 12.1. The standard InChI is InChI=1S/C13H20N2O2S2/c1-3-5-6-7-8-9-14-12(16)11-10-15-13(18-11)19(17)4-2/h3,5,10H,4,6-9H2,1-2H3,(H,14,16)/b5-3+. The second-order valence-electron chi connectivity index (χ2n) is 3.95. The third-order valence-corrected chi connectivity index (χ3v) is 5.10. The predicted octanol–water partition coefficient (Wildman–Crippen LogP) is 2.75. The Hall–Kier alpha value is -1.01. The molecule has 1 unspecified atom stereocenters. The van der Waals surface area contributed by atoms with E-state index in [1.165, 1.54) is 17.5 Å². The average molecular weight is 300 g/mol. The Kier molecular flexibility index (Phi) is 7.59. The van der Waals surface area contributed by atoms with Crippen molar-refractivity contribution in [1.82, 2.24) is 10.3 Å². The van der Waals surface area contributed by atoms with Gasteiger partial charge in [-0.15, -0.1) is 11.3 Å². The monoisotopic (exact) mass is 300 g/mol. The smallest absolute Gasteiger partial charge is 0.263 e. The summed E-state index contributed by atoms with van der Waals surface area (Å²) in [7, 11) is -1.08. The molecule has 4 nitrogen and oxygen atoms in total. The molecule has 1 N–H and O–H groups in total. The lowest BCUT2D eigenvalue weighted by atomic mass is 10.2. The minimum absolute atomic E-state index is 0.122. The Balaban J connectivity index is 2.33. The lowest BCUT2D eigenvalue weighted by molar-refractivity contribution is 0.0957. The minimum Gasteiger partial charge on any atom is -0.351 e. The van der Waals surface area contributed by atoms with E-state index in [1.807, 2.05) is 19.9 Å². The summed E-state index contributed by atoms with van der Waals surface area (Å²) in [5.41, 5.74) is 0. The van der Waals surface area contributed by atoms with Crippen molar-refractivity contribution in [2.45, 2.75) is 37.4 Å². The van der Waals surface area contributed by atoms with Crippen LogP contribution in [0.15, 0.2) is 22.7 Å². The molecule has 0 radical (unpaired) electrons. The molecule has 1 heterocycles. The first-order valence-electron chi connectivity index (χ1n) is 6.42. The Morgan fingerprint density at radius 2 is 2.32 bits per heavy atom. The maximum absolute atomic E-state index is 11.8. The topological polar surface area (TPSA) is 59.1 Å². The van der Waals surface area contributed by atoms with Gasteiger partial charge in [-0.3, -0.25) is 9.00 Å². The normalized spacial score (nSPS) is 12.7. The van der Waals surface area contributed by atoms with Crippen molar-refractivity contribution in [2.75, 3.05) is 12.3 Å². The van der Waals surface area contributed by atoms with E-state index in [4.69, 9.17) is 0 Å². The molecule has 1 amide bonds. The first kappa shape index (κ1) is 16.0. The van der Waals surface area contributed by atoms with Crippen molar-refractivity contribution < 1.29 is 9.00 Å². The molecule has 0 aromatic carbocycles. The Labute approximate surface area is 120 Å². The van der Waals surface area contributed by atoms with Crippen LogP contribution in [-0.4, -0.2) is 27.4 Å². The molecule has 0 saturated heterocycles. The van der Waals surface area contributed by atoms with E-state index < -0.39 is 10.8 Å². The second kappa shape index (κ2) is 8.98. The second-order valence-corrected chi connectivity index (χ2v) is 6.89. The number of nitrogens with zero attached hydrogens (tertiary/aromatic N) is 1. The first-order valence-corrected chi connectivity index (χ1v) is 8.56. The largest absolute Gasteiger partial charge is 0.351 e. The molecule has 0 saturated carbocycles. The summed E-state index contributed by atoms with van der Waals surface area (Å²) in [5, 5.41) is 2.85. The van der Waals surface area contributed by atoms with Gasteiger partial charge in [-0.05, 0) is 26.2 Å². The van der Waals surface area contributed by atoms with E-state index >= 15 is 0 Å². The van der Waals surface area contributed by atoms with Gasteiger partial charge in [0, 0.05) is 12.3 Å². The van der Waals surface area contributed by atoms with Gasteiger partial charge in [0.2, 0.25) is 0 Å². The van der Waals surface area contributed by atoms with Crippen LogP contribution in [0.2, 0.25) is 0 Å². The summed E-state index contributed by atoms with van der Waals surface area (Å²) >= 11 is 1.21. The van der Waals surface area contributed by atoms with Crippen molar-refractivity contribution in [3.05, 3.63) is 23.2 Å². The van der Waals surface area contributed by atoms with Crippen molar-refractivity contribution in [3.63, 3.8) is 0 Å². The first-order chi connectivity index (χ1) is 9.19. The van der Waals surface area contributed by atoms with Gasteiger partial charge in [0.1, 0.15) is 4.88 Å². The van der Waals surface area contributed by atoms with E-state index in [0.29, 0.717) is 21.5 Å². The number of allylic oxidation sites excluding steroid dienone is 2. The molecular weight excluding hydrogens is 280 g/mol. The molecule has 1 aromatic heterocycles. The number of nitrogens with one attached hydrogen (secondary N) is 1. The van der Waals surface area contributed by atoms with E-state index in [0.717, 1.165) is 19.3 Å². The van der Waals surface area contributed by atoms with E-state index in [1.54, 1.807) is 0 Å². The SMILES string of the molecule is C/C=C/CCCCNC(=O)c1cnc(S(=O)CC)s1. The molecule has 1 atom stereocenters. The third-order valence-electron chi connectivity index (χ3n) is 2.48. The Morgan fingerprint density at radius 3 is 3.00 bits per heavy atom. The molecular formula is C13H20N2O2S2. The molecule has 106 valence electrons. The molecule has 0 bridgehead atoms. The lowest BCUT2D eigenvalue weighted by Gasteiger charge is -2.01. The highest BCUT2D eigenvalue weighted by Gasteiger charge is 2.12. The Morgan fingerprint density at radius 1 is 1.53 bits per heavy atom. The molecule has 1 rings (SSSR count). The fourth-order valence-corrected chi connectivity index (χ4v) is 3.41. The predicted molar refractivity (Wildman–Crippen MR) is 80.1 cm³/mol. The quantitative estimate of drug-likeness (QED) is 0.593. The van der Waals surface area contributed by atoms with Crippen LogP contribution < -0.4 is 5.32 Å². The van der Waals surface area contributed by atoms with Crippen LogP contribution in [0.25, 0.3) is 0 Å². The Bertz CT molecular complexity index is 455. The lowest BCUT2D eigenvalue weighted by Crippen LogP contribution is -2.23. The molecule has 0 spiro atoms. The number of thiazole rings is 1. The summed E-state index contributed by atoms with van der Waals surface area (Å²) in [4.78, 5) is 16.4. The maximum Gasteiger partial charge on any atom is 0.263 e. The number of carbonyl (C=O) groups excluding carboxylic acids is 1. The van der Waals surface area contributed by atoms with Crippen LogP contribution in [0.5, 0.6) is 0 Å². The number of unbranched alkanes of at least 4 members (excludes halogenated alkanes) is 2. The number of amides is 1. The van der Waals surface area contributed by atoms with E-state index in [2.05, 4.69) is 16.4 Å². The number of hydrogen-bond acceptors (Lipinski definition) is 4. The van der Waals surface area contributed by atoms with Gasteiger partial charge in [0.15, 0.2) is 4.34 Å². The molecule has 0 aliphatic rings. The number of hydrogen-bond donors (Lipinski definition) is 1. The highest BCUT2D eigenvalue weighted by atomic mass is 32.2. The summed E-state index contributed by atoms with van der Waals surface area (Å²) in [6, 6.07) is 0. The highest BCUT2D eigenvalue weighted by molar-refractivity contribution is 7.87. The zero-order chi connectivity index (χ0) is 14.1. The van der Waals surface area contributed by atoms with E-state index in [9.17, 15) is 9.00 Å². The van der Waals surface area contributed by atoms with Crippen molar-refractivity contribution in [1.29, 1.82) is 0 Å². The van der Waals surface area contributed by atoms with Crippen molar-refractivity contribution >= 4 is 28.0 Å². The van der Waals surface area contributed by atoms with Crippen LogP contribution in [0.4, 0.5) is 0 Å².